The highest BCUT2D eigenvalue weighted by molar-refractivity contribution is 7.92. The Morgan fingerprint density at radius 1 is 1.32 bits per heavy atom. The van der Waals surface area contributed by atoms with E-state index >= 15 is 0 Å². The van der Waals surface area contributed by atoms with Gasteiger partial charge in [0.2, 0.25) is 0 Å². The zero-order chi connectivity index (χ0) is 18.8. The van der Waals surface area contributed by atoms with Crippen LogP contribution in [0.3, 0.4) is 0 Å². The van der Waals surface area contributed by atoms with E-state index in [2.05, 4.69) is 15.6 Å². The lowest BCUT2D eigenvalue weighted by Crippen LogP contribution is -2.41. The van der Waals surface area contributed by atoms with Crippen LogP contribution < -0.4 is 10.6 Å². The van der Waals surface area contributed by atoms with Gasteiger partial charge in [0, 0.05) is 32.8 Å². The van der Waals surface area contributed by atoms with E-state index in [1.165, 1.54) is 0 Å². The quantitative estimate of drug-likeness (QED) is 0.339. The second-order valence-corrected chi connectivity index (χ2v) is 10.0. The molecule has 0 spiro atoms. The second-order valence-electron chi connectivity index (χ2n) is 7.18. The zero-order valence-electron chi connectivity index (χ0n) is 16.1. The normalized spacial score (nSPS) is 19.2. The van der Waals surface area contributed by atoms with Crippen molar-refractivity contribution in [2.75, 3.05) is 45.2 Å². The molecule has 0 aliphatic carbocycles. The van der Waals surface area contributed by atoms with Crippen LogP contribution in [-0.2, 0) is 19.3 Å². The van der Waals surface area contributed by atoms with Gasteiger partial charge < -0.3 is 20.1 Å². The molecule has 1 aliphatic heterocycles. The largest absolute Gasteiger partial charge is 0.379 e. The van der Waals surface area contributed by atoms with Gasteiger partial charge in [0.25, 0.3) is 0 Å². The van der Waals surface area contributed by atoms with Crippen LogP contribution in [0.25, 0.3) is 0 Å². The van der Waals surface area contributed by atoms with E-state index < -0.39 is 14.6 Å². The van der Waals surface area contributed by atoms with Crippen LogP contribution in [0.2, 0.25) is 0 Å². The Balaban J connectivity index is 2.24. The highest BCUT2D eigenvalue weighted by atomic mass is 32.2. The molecule has 0 aromatic rings. The second kappa shape index (κ2) is 11.0. The van der Waals surface area contributed by atoms with Crippen molar-refractivity contribution in [1.29, 1.82) is 0 Å². The third-order valence-electron chi connectivity index (χ3n) is 3.98. The van der Waals surface area contributed by atoms with E-state index in [1.807, 2.05) is 6.92 Å². The first-order chi connectivity index (χ1) is 11.8. The Labute approximate surface area is 152 Å². The molecular weight excluding hydrogens is 342 g/mol. The molecule has 25 heavy (non-hydrogen) atoms. The lowest BCUT2D eigenvalue weighted by Gasteiger charge is -2.19. The number of hydrogen-bond donors (Lipinski definition) is 2. The molecule has 0 amide bonds. The van der Waals surface area contributed by atoms with Gasteiger partial charge in [-0.25, -0.2) is 8.42 Å². The number of nitrogens with zero attached hydrogens (tertiary/aromatic N) is 1. The summed E-state index contributed by atoms with van der Waals surface area (Å²) in [6.07, 6.45) is 3.29. The Hall–Kier alpha value is -0.860. The number of ether oxygens (including phenoxy) is 2. The molecule has 0 aromatic heterocycles. The summed E-state index contributed by atoms with van der Waals surface area (Å²) in [4.78, 5) is 4.45. The molecule has 0 aromatic carbocycles. The summed E-state index contributed by atoms with van der Waals surface area (Å²) in [7, 11) is -3.13. The predicted molar refractivity (Wildman–Crippen MR) is 102 cm³/mol. The summed E-state index contributed by atoms with van der Waals surface area (Å²) in [5.74, 6) is 0.733. The van der Waals surface area contributed by atoms with E-state index in [0.29, 0.717) is 32.3 Å². The van der Waals surface area contributed by atoms with Gasteiger partial charge in [-0.2, -0.15) is 0 Å². The third kappa shape index (κ3) is 8.87. The van der Waals surface area contributed by atoms with Gasteiger partial charge in [0.1, 0.15) is 0 Å². The van der Waals surface area contributed by atoms with Crippen molar-refractivity contribution >= 4 is 15.8 Å². The summed E-state index contributed by atoms with van der Waals surface area (Å²) >= 11 is 0. The molecule has 1 saturated heterocycles. The first-order valence-electron chi connectivity index (χ1n) is 9.20. The van der Waals surface area contributed by atoms with Crippen molar-refractivity contribution in [2.45, 2.75) is 57.8 Å². The molecule has 0 saturated carbocycles. The SMILES string of the molecule is CCNC(=NCCCOCC1CCCO1)NCCS(=O)(=O)C(C)(C)C. The maximum absolute atomic E-state index is 12.1. The molecule has 148 valence electrons. The smallest absolute Gasteiger partial charge is 0.191 e. The van der Waals surface area contributed by atoms with Crippen molar-refractivity contribution in [3.63, 3.8) is 0 Å². The first-order valence-corrected chi connectivity index (χ1v) is 10.9. The first kappa shape index (κ1) is 22.2. The van der Waals surface area contributed by atoms with Gasteiger partial charge in [-0.05, 0) is 47.0 Å². The van der Waals surface area contributed by atoms with Crippen LogP contribution in [0.5, 0.6) is 0 Å². The molecular formula is C17H35N3O4S. The van der Waals surface area contributed by atoms with Crippen LogP contribution in [0.4, 0.5) is 0 Å². The molecule has 1 fully saturated rings. The molecule has 1 atom stereocenters. The minimum absolute atomic E-state index is 0.0887. The average Bonchev–Trinajstić information content (AvgIpc) is 3.02. The fraction of sp³-hybridized carbons (Fsp3) is 0.941. The fourth-order valence-corrected chi connectivity index (χ4v) is 3.28. The van der Waals surface area contributed by atoms with Gasteiger partial charge in [-0.3, -0.25) is 4.99 Å². The number of rotatable bonds is 10. The molecule has 2 N–H and O–H groups in total. The van der Waals surface area contributed by atoms with E-state index in [-0.39, 0.29) is 11.9 Å². The Morgan fingerprint density at radius 3 is 2.68 bits per heavy atom. The molecule has 1 unspecified atom stereocenters. The van der Waals surface area contributed by atoms with E-state index in [9.17, 15) is 8.42 Å². The summed E-state index contributed by atoms with van der Waals surface area (Å²) in [5, 5.41) is 6.21. The Kier molecular flexibility index (Phi) is 9.74. The standard InChI is InChI=1S/C17H35N3O4S/c1-5-18-16(20-10-13-25(21,22)17(2,3)4)19-9-7-11-23-14-15-8-6-12-24-15/h15H,5-14H2,1-4H3,(H2,18,19,20). The average molecular weight is 378 g/mol. The predicted octanol–water partition coefficient (Wildman–Crippen LogP) is 1.34. The van der Waals surface area contributed by atoms with E-state index in [4.69, 9.17) is 9.47 Å². The monoisotopic (exact) mass is 377 g/mol. The van der Waals surface area contributed by atoms with Crippen molar-refractivity contribution in [1.82, 2.24) is 10.6 Å². The summed E-state index contributed by atoms with van der Waals surface area (Å²) < 4.78 is 34.6. The number of hydrogen-bond acceptors (Lipinski definition) is 5. The van der Waals surface area contributed by atoms with Gasteiger partial charge >= 0.3 is 0 Å². The van der Waals surface area contributed by atoms with Crippen molar-refractivity contribution in [2.24, 2.45) is 4.99 Å². The lowest BCUT2D eigenvalue weighted by molar-refractivity contribution is 0.0171. The number of sulfone groups is 1. The molecule has 0 bridgehead atoms. The number of nitrogens with one attached hydrogen (secondary N) is 2. The minimum Gasteiger partial charge on any atom is -0.379 e. The fourth-order valence-electron chi connectivity index (χ4n) is 2.30. The van der Waals surface area contributed by atoms with Crippen molar-refractivity contribution < 1.29 is 17.9 Å². The van der Waals surface area contributed by atoms with Crippen LogP contribution >= 0.6 is 0 Å². The van der Waals surface area contributed by atoms with Crippen molar-refractivity contribution in [3.8, 4) is 0 Å². The van der Waals surface area contributed by atoms with Crippen LogP contribution in [0, 0.1) is 0 Å². The highest BCUT2D eigenvalue weighted by Crippen LogP contribution is 2.15. The minimum atomic E-state index is -3.13. The van der Waals surface area contributed by atoms with E-state index in [0.717, 1.165) is 32.4 Å². The molecule has 1 rings (SSSR count). The van der Waals surface area contributed by atoms with Crippen LogP contribution in [0.1, 0.15) is 47.0 Å². The third-order valence-corrected chi connectivity index (χ3v) is 6.59. The van der Waals surface area contributed by atoms with E-state index in [1.54, 1.807) is 20.8 Å². The van der Waals surface area contributed by atoms with Gasteiger partial charge in [-0.15, -0.1) is 0 Å². The summed E-state index contributed by atoms with van der Waals surface area (Å²) in [6.45, 7) is 11.0. The summed E-state index contributed by atoms with van der Waals surface area (Å²) in [5.41, 5.74) is 0. The molecule has 7 nitrogen and oxygen atoms in total. The highest BCUT2D eigenvalue weighted by Gasteiger charge is 2.28. The number of aliphatic imine (C=N–C) groups is 1. The van der Waals surface area contributed by atoms with Gasteiger partial charge in [0.05, 0.1) is 23.2 Å². The Bertz CT molecular complexity index is 495. The van der Waals surface area contributed by atoms with Gasteiger partial charge in [0.15, 0.2) is 15.8 Å². The zero-order valence-corrected chi connectivity index (χ0v) is 17.0. The molecule has 1 aliphatic rings. The van der Waals surface area contributed by atoms with Gasteiger partial charge in [-0.1, -0.05) is 0 Å². The Morgan fingerprint density at radius 2 is 2.08 bits per heavy atom. The summed E-state index contributed by atoms with van der Waals surface area (Å²) in [6, 6.07) is 0. The number of guanidine groups is 1. The molecule has 1 heterocycles. The van der Waals surface area contributed by atoms with Crippen LogP contribution in [0.15, 0.2) is 4.99 Å². The topological polar surface area (TPSA) is 89.0 Å². The molecule has 8 heteroatoms. The van der Waals surface area contributed by atoms with Crippen LogP contribution in [-0.4, -0.2) is 70.4 Å². The maximum Gasteiger partial charge on any atom is 0.191 e. The molecule has 0 radical (unpaired) electrons. The maximum atomic E-state index is 12.1. The lowest BCUT2D eigenvalue weighted by atomic mass is 10.2. The van der Waals surface area contributed by atoms with Crippen molar-refractivity contribution in [3.05, 3.63) is 0 Å².